The molecule has 0 saturated heterocycles. The number of nitrogens with zero attached hydrogens (tertiary/aromatic N) is 1. The topological polar surface area (TPSA) is 52.6 Å². The van der Waals surface area contributed by atoms with Crippen LogP contribution in [0.25, 0.3) is 0 Å². The molecule has 1 amide bonds. The summed E-state index contributed by atoms with van der Waals surface area (Å²) in [6.07, 6.45) is 1.11. The lowest BCUT2D eigenvalue weighted by atomic mass is 9.86. The van der Waals surface area contributed by atoms with Gasteiger partial charge in [-0.2, -0.15) is 0 Å². The third kappa shape index (κ3) is 5.05. The van der Waals surface area contributed by atoms with E-state index in [1.54, 1.807) is 13.8 Å². The molecule has 0 saturated carbocycles. The summed E-state index contributed by atoms with van der Waals surface area (Å²) in [6, 6.07) is 8.19. The number of carbonyl (C=O) groups is 1. The molecule has 0 radical (unpaired) electrons. The summed E-state index contributed by atoms with van der Waals surface area (Å²) >= 11 is 0. The Balaban J connectivity index is 2.54. The number of amides is 1. The first-order chi connectivity index (χ1) is 9.53. The van der Waals surface area contributed by atoms with Gasteiger partial charge in [0.05, 0.1) is 11.1 Å². The molecule has 118 valence electrons. The number of benzene rings is 1. The third-order valence-corrected chi connectivity index (χ3v) is 4.07. The van der Waals surface area contributed by atoms with Crippen molar-refractivity contribution in [2.24, 2.45) is 0 Å². The fourth-order valence-electron chi connectivity index (χ4n) is 1.78. The molecule has 21 heavy (non-hydrogen) atoms. The molecule has 0 aliphatic heterocycles. The van der Waals surface area contributed by atoms with Crippen LogP contribution >= 0.6 is 0 Å². The quantitative estimate of drug-likeness (QED) is 0.846. The van der Waals surface area contributed by atoms with E-state index in [-0.39, 0.29) is 5.91 Å². The van der Waals surface area contributed by atoms with Crippen LogP contribution < -0.4 is 10.2 Å². The minimum Gasteiger partial charge on any atom is -0.388 e. The molecule has 0 bridgehead atoms. The Kier molecular flexibility index (Phi) is 5.40. The molecule has 4 heteroatoms. The Morgan fingerprint density at radius 3 is 2.10 bits per heavy atom. The molecule has 0 atom stereocenters. The smallest absolute Gasteiger partial charge is 0.220 e. The van der Waals surface area contributed by atoms with Gasteiger partial charge in [-0.25, -0.2) is 0 Å². The van der Waals surface area contributed by atoms with Crippen molar-refractivity contribution in [3.05, 3.63) is 29.8 Å². The molecular weight excluding hydrogens is 264 g/mol. The number of anilines is 1. The van der Waals surface area contributed by atoms with Gasteiger partial charge < -0.3 is 15.3 Å². The van der Waals surface area contributed by atoms with E-state index in [2.05, 4.69) is 5.32 Å². The summed E-state index contributed by atoms with van der Waals surface area (Å²) in [7, 11) is 4.00. The lowest BCUT2D eigenvalue weighted by Crippen LogP contribution is -2.57. The number of aryl methyl sites for hydroxylation is 1. The highest BCUT2D eigenvalue weighted by Gasteiger charge is 2.36. The fraction of sp³-hybridized carbons (Fsp3) is 0.588. The summed E-state index contributed by atoms with van der Waals surface area (Å²) in [5, 5.41) is 12.9. The second-order valence-electron chi connectivity index (χ2n) is 6.79. The third-order valence-electron chi connectivity index (χ3n) is 4.07. The van der Waals surface area contributed by atoms with E-state index in [1.807, 2.05) is 57.1 Å². The van der Waals surface area contributed by atoms with Crippen LogP contribution in [-0.4, -0.2) is 36.2 Å². The van der Waals surface area contributed by atoms with Crippen molar-refractivity contribution in [2.45, 2.75) is 51.7 Å². The lowest BCUT2D eigenvalue weighted by molar-refractivity contribution is -0.126. The molecule has 0 heterocycles. The minimum absolute atomic E-state index is 0.0428. The van der Waals surface area contributed by atoms with Gasteiger partial charge in [0.15, 0.2) is 0 Å². The van der Waals surface area contributed by atoms with Gasteiger partial charge in [0.25, 0.3) is 0 Å². The van der Waals surface area contributed by atoms with Gasteiger partial charge in [0, 0.05) is 26.2 Å². The van der Waals surface area contributed by atoms with Crippen LogP contribution in [-0.2, 0) is 11.2 Å². The van der Waals surface area contributed by atoms with Crippen LogP contribution in [0.2, 0.25) is 0 Å². The number of nitrogens with one attached hydrogen (secondary N) is 1. The number of carbonyl (C=O) groups excluding carboxylic acids is 1. The molecule has 0 aliphatic rings. The van der Waals surface area contributed by atoms with E-state index >= 15 is 0 Å². The molecule has 1 rings (SSSR count). The zero-order valence-corrected chi connectivity index (χ0v) is 14.0. The number of hydrogen-bond acceptors (Lipinski definition) is 3. The molecule has 0 aromatic heterocycles. The van der Waals surface area contributed by atoms with Gasteiger partial charge in [0.1, 0.15) is 0 Å². The van der Waals surface area contributed by atoms with Crippen LogP contribution in [0.5, 0.6) is 0 Å². The van der Waals surface area contributed by atoms with E-state index in [1.165, 1.54) is 0 Å². The predicted molar refractivity (Wildman–Crippen MR) is 87.6 cm³/mol. The Hall–Kier alpha value is -1.55. The maximum absolute atomic E-state index is 12.0. The van der Waals surface area contributed by atoms with Crippen molar-refractivity contribution in [1.82, 2.24) is 5.32 Å². The van der Waals surface area contributed by atoms with Crippen molar-refractivity contribution in [1.29, 1.82) is 0 Å². The minimum atomic E-state index is -0.962. The fourth-order valence-corrected chi connectivity index (χ4v) is 1.78. The summed E-state index contributed by atoms with van der Waals surface area (Å²) in [5.74, 6) is -0.0428. The summed E-state index contributed by atoms with van der Waals surface area (Å²) in [4.78, 5) is 14.1. The van der Waals surface area contributed by atoms with Gasteiger partial charge in [-0.3, -0.25) is 4.79 Å². The predicted octanol–water partition coefficient (Wildman–Crippen LogP) is 2.35. The SMILES string of the molecule is CN(C)c1ccc(CCC(=O)NC(C)(C)C(C)(C)O)cc1. The Morgan fingerprint density at radius 1 is 1.14 bits per heavy atom. The first-order valence-corrected chi connectivity index (χ1v) is 7.32. The Bertz CT molecular complexity index is 471. The Labute approximate surface area is 128 Å². The maximum Gasteiger partial charge on any atom is 0.220 e. The summed E-state index contributed by atoms with van der Waals surface area (Å²) in [6.45, 7) is 7.06. The maximum atomic E-state index is 12.0. The molecule has 2 N–H and O–H groups in total. The lowest BCUT2D eigenvalue weighted by Gasteiger charge is -2.38. The molecule has 1 aromatic carbocycles. The van der Waals surface area contributed by atoms with Crippen LogP contribution in [0.1, 0.15) is 39.7 Å². The highest BCUT2D eigenvalue weighted by molar-refractivity contribution is 5.77. The van der Waals surface area contributed by atoms with Crippen LogP contribution in [0.15, 0.2) is 24.3 Å². The standard InChI is InChI=1S/C17H28N2O2/c1-16(2,17(3,4)21)18-15(20)12-9-13-7-10-14(11-8-13)19(5)6/h7-8,10-11,21H,9,12H2,1-6H3,(H,18,20). The average molecular weight is 292 g/mol. The molecule has 0 fully saturated rings. The summed E-state index contributed by atoms with van der Waals surface area (Å²) < 4.78 is 0. The molecule has 0 unspecified atom stereocenters. The van der Waals surface area contributed by atoms with Crippen molar-refractivity contribution in [3.63, 3.8) is 0 Å². The first-order valence-electron chi connectivity index (χ1n) is 7.32. The van der Waals surface area contributed by atoms with E-state index in [9.17, 15) is 9.90 Å². The molecule has 4 nitrogen and oxygen atoms in total. The number of hydrogen-bond donors (Lipinski definition) is 2. The number of rotatable bonds is 6. The van der Waals surface area contributed by atoms with Gasteiger partial charge in [-0.05, 0) is 51.8 Å². The van der Waals surface area contributed by atoms with Gasteiger partial charge >= 0.3 is 0 Å². The van der Waals surface area contributed by atoms with Crippen molar-refractivity contribution >= 4 is 11.6 Å². The normalized spacial score (nSPS) is 12.1. The van der Waals surface area contributed by atoms with E-state index < -0.39 is 11.1 Å². The van der Waals surface area contributed by atoms with Crippen molar-refractivity contribution < 1.29 is 9.90 Å². The zero-order chi connectivity index (χ0) is 16.3. The van der Waals surface area contributed by atoms with Gasteiger partial charge in [0.2, 0.25) is 5.91 Å². The summed E-state index contributed by atoms with van der Waals surface area (Å²) in [5.41, 5.74) is 0.665. The second kappa shape index (κ2) is 6.48. The second-order valence-corrected chi connectivity index (χ2v) is 6.79. The molecule has 1 aromatic rings. The molecule has 0 aliphatic carbocycles. The van der Waals surface area contributed by atoms with Crippen LogP contribution in [0.4, 0.5) is 5.69 Å². The Morgan fingerprint density at radius 2 is 1.67 bits per heavy atom. The zero-order valence-electron chi connectivity index (χ0n) is 14.0. The van der Waals surface area contributed by atoms with Crippen LogP contribution in [0, 0.1) is 0 Å². The largest absolute Gasteiger partial charge is 0.388 e. The van der Waals surface area contributed by atoms with Gasteiger partial charge in [-0.1, -0.05) is 12.1 Å². The highest BCUT2D eigenvalue weighted by Crippen LogP contribution is 2.21. The van der Waals surface area contributed by atoms with E-state index in [0.717, 1.165) is 11.3 Å². The van der Waals surface area contributed by atoms with Crippen molar-refractivity contribution in [3.8, 4) is 0 Å². The highest BCUT2D eigenvalue weighted by atomic mass is 16.3. The van der Waals surface area contributed by atoms with Crippen molar-refractivity contribution in [2.75, 3.05) is 19.0 Å². The van der Waals surface area contributed by atoms with Crippen LogP contribution in [0.3, 0.4) is 0 Å². The van der Waals surface area contributed by atoms with Gasteiger partial charge in [-0.15, -0.1) is 0 Å². The van der Waals surface area contributed by atoms with E-state index in [4.69, 9.17) is 0 Å². The first kappa shape index (κ1) is 17.5. The number of aliphatic hydroxyl groups is 1. The monoisotopic (exact) mass is 292 g/mol. The molecular formula is C17H28N2O2. The average Bonchev–Trinajstić information content (AvgIpc) is 2.35. The van der Waals surface area contributed by atoms with E-state index in [0.29, 0.717) is 12.8 Å². The molecule has 0 spiro atoms.